The van der Waals surface area contributed by atoms with Crippen LogP contribution in [-0.4, -0.2) is 26.2 Å². The number of aromatic nitrogens is 2. The molecule has 0 bridgehead atoms. The molecule has 41 heavy (non-hydrogen) atoms. The van der Waals surface area contributed by atoms with Crippen LogP contribution in [0.3, 0.4) is 0 Å². The van der Waals surface area contributed by atoms with Gasteiger partial charge in [0.05, 0.1) is 5.69 Å². The lowest BCUT2D eigenvalue weighted by Crippen LogP contribution is -2.26. The van der Waals surface area contributed by atoms with Crippen molar-refractivity contribution in [3.05, 3.63) is 101 Å². The molecular weight excluding hydrogens is 548 g/mol. The molecule has 0 unspecified atom stereocenters. The van der Waals surface area contributed by atoms with Gasteiger partial charge in [-0.05, 0) is 41.8 Å². The molecule has 4 aromatic rings. The fraction of sp³-hybridized carbons (Fsp3) is 0.300. The van der Waals surface area contributed by atoms with Crippen LogP contribution in [0.25, 0.3) is 11.4 Å². The summed E-state index contributed by atoms with van der Waals surface area (Å²) >= 11 is 0. The highest BCUT2D eigenvalue weighted by atomic mass is 19.4. The molecule has 1 N–H and O–H groups in total. The van der Waals surface area contributed by atoms with Crippen LogP contribution in [0.2, 0.25) is 0 Å². The van der Waals surface area contributed by atoms with Crippen molar-refractivity contribution in [1.29, 1.82) is 0 Å². The van der Waals surface area contributed by atoms with E-state index in [-0.39, 0.29) is 36.9 Å². The van der Waals surface area contributed by atoms with Crippen molar-refractivity contribution in [3.8, 4) is 22.9 Å². The molecule has 0 amide bonds. The lowest BCUT2D eigenvalue weighted by molar-refractivity contribution is -0.141. The Morgan fingerprint density at radius 3 is 2.20 bits per heavy atom. The summed E-state index contributed by atoms with van der Waals surface area (Å²) in [5, 5.41) is 9.60. The highest BCUT2D eigenvalue weighted by Crippen LogP contribution is 2.36. The summed E-state index contributed by atoms with van der Waals surface area (Å²) in [4.78, 5) is 5.75. The van der Waals surface area contributed by atoms with Gasteiger partial charge >= 0.3 is 12.8 Å². The average Bonchev–Trinajstić information content (AvgIpc) is 3.29. The number of nitrogens with zero attached hydrogens (tertiary/aromatic N) is 3. The van der Waals surface area contributed by atoms with E-state index in [4.69, 9.17) is 0 Å². The van der Waals surface area contributed by atoms with E-state index in [0.717, 1.165) is 12.5 Å². The number of hydrogen-bond acceptors (Lipinski definition) is 4. The number of unbranched alkanes of at least 4 members (excludes halogenated alkanes) is 1. The topological polar surface area (TPSA) is 50.5 Å². The zero-order chi connectivity index (χ0) is 29.6. The maximum Gasteiger partial charge on any atom is 0.435 e. The monoisotopic (exact) mass is 577 g/mol. The Bertz CT molecular complexity index is 1420. The van der Waals surface area contributed by atoms with Gasteiger partial charge in [-0.15, -0.1) is 0 Å². The van der Waals surface area contributed by atoms with Gasteiger partial charge in [0.15, 0.2) is 17.3 Å². The average molecular weight is 578 g/mol. The summed E-state index contributed by atoms with van der Waals surface area (Å²) in [6, 6.07) is 18.2. The summed E-state index contributed by atoms with van der Waals surface area (Å²) in [5.74, 6) is -1.25. The number of alkyl halides is 5. The number of benzene rings is 3. The molecule has 0 spiro atoms. The summed E-state index contributed by atoms with van der Waals surface area (Å²) in [7, 11) is 0. The number of hydrogen-bond donors (Lipinski definition) is 1. The van der Waals surface area contributed by atoms with Gasteiger partial charge in [0.25, 0.3) is 0 Å². The van der Waals surface area contributed by atoms with Crippen LogP contribution in [0.5, 0.6) is 11.5 Å². The first kappa shape index (κ1) is 30.0. The third-order valence-electron chi connectivity index (χ3n) is 6.45. The largest absolute Gasteiger partial charge is 0.505 e. The van der Waals surface area contributed by atoms with Crippen molar-refractivity contribution in [3.63, 3.8) is 0 Å². The molecule has 5 nitrogen and oxygen atoms in total. The molecule has 3 aromatic carbocycles. The van der Waals surface area contributed by atoms with E-state index in [1.54, 1.807) is 39.8 Å². The van der Waals surface area contributed by atoms with Crippen LogP contribution >= 0.6 is 0 Å². The molecule has 0 radical (unpaired) electrons. The first-order valence-corrected chi connectivity index (χ1v) is 13.0. The lowest BCUT2D eigenvalue weighted by Gasteiger charge is -2.25. The highest BCUT2D eigenvalue weighted by Gasteiger charge is 2.39. The normalized spacial score (nSPS) is 11.9. The molecule has 11 heteroatoms. The van der Waals surface area contributed by atoms with Crippen LogP contribution in [0.1, 0.15) is 42.3 Å². The first-order chi connectivity index (χ1) is 19.5. The van der Waals surface area contributed by atoms with Gasteiger partial charge in [-0.3, -0.25) is 4.90 Å². The van der Waals surface area contributed by atoms with E-state index in [9.17, 15) is 31.4 Å². The molecule has 0 atom stereocenters. The van der Waals surface area contributed by atoms with Crippen LogP contribution < -0.4 is 4.74 Å². The summed E-state index contributed by atoms with van der Waals surface area (Å²) in [6.45, 7) is -0.810. The minimum absolute atomic E-state index is 0.0312. The Balaban J connectivity index is 1.76. The maximum absolute atomic E-state index is 14.4. The predicted molar refractivity (Wildman–Crippen MR) is 142 cm³/mol. The standard InChI is InChI=1S/C30H29F6N3O2/c1-2-3-15-39-25(27(30(34,35)36)37-28(39)22-7-5-4-6-8-22)19-38(18-21-11-14-26(40)24(31)16-21)17-20-9-12-23(13-10-20)41-29(32)33/h4-14,16,29,40H,2-3,15,17-19H2,1H3. The number of phenols is 1. The Morgan fingerprint density at radius 1 is 0.927 bits per heavy atom. The second-order valence-corrected chi connectivity index (χ2v) is 9.55. The Kier molecular flexibility index (Phi) is 9.59. The smallest absolute Gasteiger partial charge is 0.435 e. The number of rotatable bonds is 12. The molecule has 218 valence electrons. The zero-order valence-corrected chi connectivity index (χ0v) is 22.2. The summed E-state index contributed by atoms with van der Waals surface area (Å²) in [5.41, 5.74) is 0.538. The van der Waals surface area contributed by atoms with Crippen LogP contribution in [0.15, 0.2) is 72.8 Å². The number of aromatic hydroxyl groups is 1. The van der Waals surface area contributed by atoms with E-state index < -0.39 is 30.0 Å². The molecular formula is C30H29F6N3O2. The van der Waals surface area contributed by atoms with Crippen molar-refractivity contribution < 1.29 is 36.2 Å². The van der Waals surface area contributed by atoms with Gasteiger partial charge in [-0.1, -0.05) is 61.9 Å². The Labute approximate surface area is 233 Å². The summed E-state index contributed by atoms with van der Waals surface area (Å²) < 4.78 is 88.4. The van der Waals surface area contributed by atoms with Crippen molar-refractivity contribution in [2.45, 2.75) is 58.7 Å². The second kappa shape index (κ2) is 13.1. The molecule has 0 aliphatic carbocycles. The molecule has 1 aromatic heterocycles. The van der Waals surface area contributed by atoms with Crippen LogP contribution in [-0.2, 0) is 32.4 Å². The predicted octanol–water partition coefficient (Wildman–Crippen LogP) is 8.02. The maximum atomic E-state index is 14.4. The molecule has 0 fully saturated rings. The van der Waals surface area contributed by atoms with E-state index in [2.05, 4.69) is 9.72 Å². The molecule has 0 aliphatic heterocycles. The van der Waals surface area contributed by atoms with Gasteiger partial charge in [0.2, 0.25) is 0 Å². The quantitative estimate of drug-likeness (QED) is 0.173. The number of halogens is 6. The Morgan fingerprint density at radius 2 is 1.59 bits per heavy atom. The molecule has 0 saturated heterocycles. The molecule has 1 heterocycles. The van der Waals surface area contributed by atoms with Crippen molar-refractivity contribution in [2.75, 3.05) is 0 Å². The molecule has 4 rings (SSSR count). The van der Waals surface area contributed by atoms with Crippen LogP contribution in [0.4, 0.5) is 26.3 Å². The first-order valence-electron chi connectivity index (χ1n) is 13.0. The van der Waals surface area contributed by atoms with Crippen molar-refractivity contribution >= 4 is 0 Å². The van der Waals surface area contributed by atoms with E-state index in [0.29, 0.717) is 29.7 Å². The van der Waals surface area contributed by atoms with Crippen molar-refractivity contribution in [1.82, 2.24) is 14.5 Å². The number of imidazole rings is 1. The fourth-order valence-corrected chi connectivity index (χ4v) is 4.56. The number of ether oxygens (including phenoxy) is 1. The molecule has 0 aliphatic rings. The minimum Gasteiger partial charge on any atom is -0.505 e. The van der Waals surface area contributed by atoms with Gasteiger partial charge in [0, 0.05) is 31.7 Å². The van der Waals surface area contributed by atoms with Crippen molar-refractivity contribution in [2.24, 2.45) is 0 Å². The second-order valence-electron chi connectivity index (χ2n) is 9.55. The van der Waals surface area contributed by atoms with E-state index >= 15 is 0 Å². The van der Waals surface area contributed by atoms with Gasteiger partial charge in [-0.25, -0.2) is 9.37 Å². The lowest BCUT2D eigenvalue weighted by atomic mass is 10.1. The third-order valence-corrected chi connectivity index (χ3v) is 6.45. The van der Waals surface area contributed by atoms with E-state index in [1.807, 2.05) is 6.92 Å². The van der Waals surface area contributed by atoms with E-state index in [1.165, 1.54) is 36.4 Å². The van der Waals surface area contributed by atoms with Gasteiger partial charge < -0.3 is 14.4 Å². The Hall–Kier alpha value is -3.99. The fourth-order valence-electron chi connectivity index (χ4n) is 4.56. The summed E-state index contributed by atoms with van der Waals surface area (Å²) in [6.07, 6.45) is -3.37. The zero-order valence-electron chi connectivity index (χ0n) is 22.2. The number of phenolic OH excluding ortho intramolecular Hbond substituents is 1. The van der Waals surface area contributed by atoms with Gasteiger partial charge in [0.1, 0.15) is 11.6 Å². The third kappa shape index (κ3) is 7.81. The molecule has 0 saturated carbocycles. The SMILES string of the molecule is CCCCn1c(-c2ccccc2)nc(C(F)(F)F)c1CN(Cc1ccc(OC(F)F)cc1)Cc1ccc(O)c(F)c1. The van der Waals surface area contributed by atoms with Gasteiger partial charge in [-0.2, -0.15) is 22.0 Å². The minimum atomic E-state index is -4.74. The van der Waals surface area contributed by atoms with Crippen LogP contribution in [0, 0.1) is 5.82 Å². The highest BCUT2D eigenvalue weighted by molar-refractivity contribution is 5.57.